The van der Waals surface area contributed by atoms with Crippen molar-refractivity contribution in [2.24, 2.45) is 11.7 Å². The summed E-state index contributed by atoms with van der Waals surface area (Å²) in [5.41, 5.74) is 5.74. The Labute approximate surface area is 96.0 Å². The minimum Gasteiger partial charge on any atom is -0.382 e. The predicted octanol–water partition coefficient (Wildman–Crippen LogP) is 0.175. The fourth-order valence-electron chi connectivity index (χ4n) is 1.58. The molecule has 0 saturated heterocycles. The van der Waals surface area contributed by atoms with E-state index in [0.717, 1.165) is 19.3 Å². The first kappa shape index (κ1) is 12.7. The Hall–Kier alpha value is -0.320. The van der Waals surface area contributed by atoms with Crippen LogP contribution in [-0.4, -0.2) is 29.2 Å². The Morgan fingerprint density at radius 3 is 2.47 bits per heavy atom. The van der Waals surface area contributed by atoms with E-state index in [0.29, 0.717) is 12.0 Å². The van der Waals surface area contributed by atoms with E-state index in [-0.39, 0.29) is 24.4 Å². The molecule has 0 radical (unpaired) electrons. The first-order valence-electron chi connectivity index (χ1n) is 5.41. The number of halogens is 1. The van der Waals surface area contributed by atoms with Gasteiger partial charge in [0, 0.05) is 12.1 Å². The Bertz CT molecular complexity index is 229. The molecule has 0 aliphatic heterocycles. The summed E-state index contributed by atoms with van der Waals surface area (Å²) in [5, 5.41) is 12.4. The molecule has 0 aromatic rings. The first-order chi connectivity index (χ1) is 6.66. The van der Waals surface area contributed by atoms with Crippen LogP contribution in [0.3, 0.4) is 0 Å². The first-order valence-corrected chi connectivity index (χ1v) is 5.41. The maximum absolute atomic E-state index is 11.4. The second-order valence-electron chi connectivity index (χ2n) is 4.57. The van der Waals surface area contributed by atoms with Crippen LogP contribution in [0.5, 0.6) is 0 Å². The molecule has 2 aliphatic carbocycles. The zero-order valence-corrected chi connectivity index (χ0v) is 9.50. The minimum absolute atomic E-state index is 0. The number of hydrogen-bond donors (Lipinski definition) is 3. The van der Waals surface area contributed by atoms with Gasteiger partial charge in [0.05, 0.1) is 0 Å². The van der Waals surface area contributed by atoms with Crippen molar-refractivity contribution in [3.8, 4) is 0 Å². The van der Waals surface area contributed by atoms with E-state index in [1.165, 1.54) is 12.8 Å². The van der Waals surface area contributed by atoms with Gasteiger partial charge in [-0.3, -0.25) is 4.79 Å². The van der Waals surface area contributed by atoms with E-state index in [1.54, 1.807) is 0 Å². The van der Waals surface area contributed by atoms with Crippen LogP contribution in [-0.2, 0) is 4.79 Å². The maximum Gasteiger partial charge on any atom is 0.250 e. The smallest absolute Gasteiger partial charge is 0.250 e. The van der Waals surface area contributed by atoms with Gasteiger partial charge < -0.3 is 16.2 Å². The van der Waals surface area contributed by atoms with Crippen LogP contribution in [0.15, 0.2) is 0 Å². The number of nitrogens with two attached hydrogens (primary N) is 1. The number of hydrogen-bond acceptors (Lipinski definition) is 3. The van der Waals surface area contributed by atoms with E-state index in [2.05, 4.69) is 5.32 Å². The number of aliphatic hydroxyl groups excluding tert-OH is 1. The fraction of sp³-hybridized carbons (Fsp3) is 0.900. The molecule has 0 aromatic heterocycles. The van der Waals surface area contributed by atoms with E-state index in [9.17, 15) is 9.90 Å². The SMILES string of the molecule is Cl.NC(CC1CC1)[C@H](O)C(=O)NC1CC1. The number of aliphatic hydroxyl groups is 1. The highest BCUT2D eigenvalue weighted by Gasteiger charge is 2.32. The number of nitrogens with one attached hydrogen (secondary N) is 1. The second kappa shape index (κ2) is 5.14. The number of amides is 1. The summed E-state index contributed by atoms with van der Waals surface area (Å²) in [6, 6.07) is -0.0912. The van der Waals surface area contributed by atoms with Gasteiger partial charge in [0.2, 0.25) is 0 Å². The van der Waals surface area contributed by atoms with Crippen molar-refractivity contribution >= 4 is 18.3 Å². The van der Waals surface area contributed by atoms with E-state index < -0.39 is 6.10 Å². The normalized spacial score (nSPS) is 23.9. The van der Waals surface area contributed by atoms with Gasteiger partial charge in [0.25, 0.3) is 5.91 Å². The Kier molecular flexibility index (Phi) is 4.37. The molecule has 0 spiro atoms. The number of rotatable bonds is 5. The third-order valence-corrected chi connectivity index (χ3v) is 2.90. The largest absolute Gasteiger partial charge is 0.382 e. The molecular formula is C10H19ClN2O2. The van der Waals surface area contributed by atoms with Crippen molar-refractivity contribution in [2.75, 3.05) is 0 Å². The van der Waals surface area contributed by atoms with Gasteiger partial charge in [0.1, 0.15) is 6.10 Å². The average molecular weight is 235 g/mol. The van der Waals surface area contributed by atoms with Gasteiger partial charge in [-0.15, -0.1) is 12.4 Å². The van der Waals surface area contributed by atoms with Crippen molar-refractivity contribution in [3.05, 3.63) is 0 Å². The lowest BCUT2D eigenvalue weighted by atomic mass is 10.0. The molecule has 88 valence electrons. The van der Waals surface area contributed by atoms with Crippen LogP contribution in [0.2, 0.25) is 0 Å². The molecule has 4 N–H and O–H groups in total. The lowest BCUT2D eigenvalue weighted by Gasteiger charge is -2.17. The fourth-order valence-corrected chi connectivity index (χ4v) is 1.58. The monoisotopic (exact) mass is 234 g/mol. The van der Waals surface area contributed by atoms with E-state index in [1.807, 2.05) is 0 Å². The third kappa shape index (κ3) is 3.97. The molecular weight excluding hydrogens is 216 g/mol. The highest BCUT2D eigenvalue weighted by molar-refractivity contribution is 5.85. The van der Waals surface area contributed by atoms with Crippen molar-refractivity contribution < 1.29 is 9.90 Å². The topological polar surface area (TPSA) is 75.3 Å². The molecule has 2 atom stereocenters. The summed E-state index contributed by atoms with van der Waals surface area (Å²) < 4.78 is 0. The Morgan fingerprint density at radius 2 is 2.00 bits per heavy atom. The van der Waals surface area contributed by atoms with Gasteiger partial charge in [-0.2, -0.15) is 0 Å². The summed E-state index contributed by atoms with van der Waals surface area (Å²) >= 11 is 0. The van der Waals surface area contributed by atoms with Crippen molar-refractivity contribution in [1.29, 1.82) is 0 Å². The van der Waals surface area contributed by atoms with E-state index in [4.69, 9.17) is 5.73 Å². The summed E-state index contributed by atoms with van der Waals surface area (Å²) in [6.07, 6.45) is 4.23. The number of carbonyl (C=O) groups excluding carboxylic acids is 1. The number of carbonyl (C=O) groups is 1. The molecule has 0 heterocycles. The predicted molar refractivity (Wildman–Crippen MR) is 59.7 cm³/mol. The molecule has 4 nitrogen and oxygen atoms in total. The summed E-state index contributed by atoms with van der Waals surface area (Å²) in [4.78, 5) is 11.4. The molecule has 0 aromatic carbocycles. The standard InChI is InChI=1S/C10H18N2O2.ClH/c11-8(5-6-1-2-6)9(13)10(14)12-7-3-4-7;/h6-9,13H,1-5,11H2,(H,12,14);1H/t8?,9-;/m0./s1. The van der Waals surface area contributed by atoms with Crippen molar-refractivity contribution in [3.63, 3.8) is 0 Å². The average Bonchev–Trinajstić information content (AvgIpc) is 2.97. The van der Waals surface area contributed by atoms with Gasteiger partial charge in [-0.25, -0.2) is 0 Å². The van der Waals surface area contributed by atoms with Crippen molar-refractivity contribution in [1.82, 2.24) is 5.32 Å². The van der Waals surface area contributed by atoms with Crippen LogP contribution in [0, 0.1) is 5.92 Å². The molecule has 2 aliphatic rings. The summed E-state index contributed by atoms with van der Waals surface area (Å²) in [5.74, 6) is 0.356. The molecule has 1 unspecified atom stereocenters. The second-order valence-corrected chi connectivity index (χ2v) is 4.57. The van der Waals surface area contributed by atoms with Crippen LogP contribution in [0.25, 0.3) is 0 Å². The quantitative estimate of drug-likeness (QED) is 0.635. The van der Waals surface area contributed by atoms with Gasteiger partial charge in [0.15, 0.2) is 0 Å². The molecule has 2 rings (SSSR count). The summed E-state index contributed by atoms with van der Waals surface area (Å²) in [6.45, 7) is 0. The zero-order chi connectivity index (χ0) is 10.1. The van der Waals surface area contributed by atoms with Crippen LogP contribution in [0.1, 0.15) is 32.1 Å². The van der Waals surface area contributed by atoms with Crippen LogP contribution >= 0.6 is 12.4 Å². The molecule has 1 amide bonds. The highest BCUT2D eigenvalue weighted by atomic mass is 35.5. The molecule has 15 heavy (non-hydrogen) atoms. The lowest BCUT2D eigenvalue weighted by Crippen LogP contribution is -2.47. The minimum atomic E-state index is -1.02. The molecule has 5 heteroatoms. The zero-order valence-electron chi connectivity index (χ0n) is 8.69. The molecule has 2 saturated carbocycles. The molecule has 0 bridgehead atoms. The maximum atomic E-state index is 11.4. The third-order valence-electron chi connectivity index (χ3n) is 2.90. The summed E-state index contributed by atoms with van der Waals surface area (Å²) in [7, 11) is 0. The Balaban J connectivity index is 0.00000112. The highest BCUT2D eigenvalue weighted by Crippen LogP contribution is 2.33. The van der Waals surface area contributed by atoms with Gasteiger partial charge >= 0.3 is 0 Å². The van der Waals surface area contributed by atoms with Crippen LogP contribution in [0.4, 0.5) is 0 Å². The Morgan fingerprint density at radius 1 is 1.40 bits per heavy atom. The molecule has 2 fully saturated rings. The lowest BCUT2D eigenvalue weighted by molar-refractivity contribution is -0.130. The van der Waals surface area contributed by atoms with Crippen molar-refractivity contribution in [2.45, 2.75) is 50.3 Å². The van der Waals surface area contributed by atoms with Gasteiger partial charge in [-0.1, -0.05) is 12.8 Å². The van der Waals surface area contributed by atoms with E-state index >= 15 is 0 Å². The van der Waals surface area contributed by atoms with Crippen LogP contribution < -0.4 is 11.1 Å². The van der Waals surface area contributed by atoms with Gasteiger partial charge in [-0.05, 0) is 25.2 Å².